The quantitative estimate of drug-likeness (QED) is 0.596. The Morgan fingerprint density at radius 3 is 2.77 bits per heavy atom. The topological polar surface area (TPSA) is 116 Å². The first-order valence-corrected chi connectivity index (χ1v) is 13.0. The smallest absolute Gasteiger partial charge is 0.341 e. The zero-order chi connectivity index (χ0) is 24.9. The second-order valence-electron chi connectivity index (χ2n) is 9.17. The van der Waals surface area contributed by atoms with Crippen LogP contribution in [0.2, 0.25) is 0 Å². The van der Waals surface area contributed by atoms with Gasteiger partial charge in [-0.25, -0.2) is 17.6 Å². The predicted octanol–water partition coefficient (Wildman–Crippen LogP) is 2.48. The van der Waals surface area contributed by atoms with Gasteiger partial charge in [-0.2, -0.15) is 0 Å². The second kappa shape index (κ2) is 8.80. The van der Waals surface area contributed by atoms with Crippen LogP contribution < -0.4 is 9.46 Å². The Morgan fingerprint density at radius 1 is 1.26 bits per heavy atom. The lowest BCUT2D eigenvalue weighted by atomic mass is 10.0. The summed E-state index contributed by atoms with van der Waals surface area (Å²) in [6.07, 6.45) is 0.918. The van der Waals surface area contributed by atoms with Gasteiger partial charge in [0.25, 0.3) is 10.0 Å². The van der Waals surface area contributed by atoms with Crippen molar-refractivity contribution < 1.29 is 32.2 Å². The number of likely N-dealkylation sites (N-methyl/N-ethyl adjacent to an activating group) is 1. The zero-order valence-electron chi connectivity index (χ0n) is 19.2. The summed E-state index contributed by atoms with van der Waals surface area (Å²) >= 11 is 0. The Kier molecular flexibility index (Phi) is 5.92. The number of ether oxygens (including phenoxy) is 1. The van der Waals surface area contributed by atoms with E-state index in [4.69, 9.17) is 4.74 Å². The molecular formula is C24H26FN3O6S. The van der Waals surface area contributed by atoms with Crippen molar-refractivity contribution in [1.82, 2.24) is 9.80 Å². The van der Waals surface area contributed by atoms with Gasteiger partial charge < -0.3 is 14.7 Å². The number of hydrogen-bond acceptors (Lipinski definition) is 6. The lowest BCUT2D eigenvalue weighted by molar-refractivity contribution is -0.136. The Labute approximate surface area is 202 Å². The molecule has 0 spiro atoms. The highest BCUT2D eigenvalue weighted by molar-refractivity contribution is 7.92. The van der Waals surface area contributed by atoms with E-state index < -0.39 is 21.8 Å². The maximum atomic E-state index is 14.1. The molecule has 2 aromatic rings. The molecule has 11 heteroatoms. The molecule has 1 saturated carbocycles. The largest absolute Gasteiger partial charge is 0.492 e. The Bertz CT molecular complexity index is 1310. The fourth-order valence-electron chi connectivity index (χ4n) is 4.88. The molecule has 2 aromatic carbocycles. The van der Waals surface area contributed by atoms with Gasteiger partial charge in [0, 0.05) is 25.6 Å². The van der Waals surface area contributed by atoms with Crippen molar-refractivity contribution in [2.24, 2.45) is 5.92 Å². The molecule has 9 nitrogen and oxygen atoms in total. The van der Waals surface area contributed by atoms with Crippen LogP contribution in [0.5, 0.6) is 5.75 Å². The highest BCUT2D eigenvalue weighted by Gasteiger charge is 2.45. The fraction of sp³-hybridized carbons (Fsp3) is 0.417. The molecule has 0 aromatic heterocycles. The first-order valence-electron chi connectivity index (χ1n) is 11.5. The van der Waals surface area contributed by atoms with Gasteiger partial charge in [-0.05, 0) is 54.3 Å². The number of nitrogens with one attached hydrogen (secondary N) is 1. The lowest BCUT2D eigenvalue weighted by Gasteiger charge is -2.34. The Balaban J connectivity index is 1.46. The van der Waals surface area contributed by atoms with Crippen molar-refractivity contribution in [3.63, 3.8) is 0 Å². The van der Waals surface area contributed by atoms with Crippen molar-refractivity contribution in [3.05, 3.63) is 52.8 Å². The van der Waals surface area contributed by atoms with Gasteiger partial charge in [0.15, 0.2) is 0 Å². The first-order chi connectivity index (χ1) is 16.7. The summed E-state index contributed by atoms with van der Waals surface area (Å²) in [5.74, 6) is -1.32. The van der Waals surface area contributed by atoms with Crippen molar-refractivity contribution in [2.45, 2.75) is 30.7 Å². The van der Waals surface area contributed by atoms with Crippen LogP contribution in [0.15, 0.2) is 35.2 Å². The van der Waals surface area contributed by atoms with E-state index in [1.54, 1.807) is 6.07 Å². The minimum Gasteiger partial charge on any atom is -0.492 e. The SMILES string of the molecule is CCN1CCN(Cc2cc(F)ccc2S(=O)(=O)Nc2ccc3c(c2C(=O)O)OCC2CC32)C(=O)C1. The number of rotatable bonds is 7. The van der Waals surface area contributed by atoms with E-state index in [-0.39, 0.29) is 52.4 Å². The van der Waals surface area contributed by atoms with Gasteiger partial charge in [0.05, 0.1) is 23.7 Å². The summed E-state index contributed by atoms with van der Waals surface area (Å²) in [4.78, 5) is 27.9. The van der Waals surface area contributed by atoms with Crippen molar-refractivity contribution in [3.8, 4) is 5.75 Å². The monoisotopic (exact) mass is 503 g/mol. The van der Waals surface area contributed by atoms with E-state index in [2.05, 4.69) is 4.72 Å². The third kappa shape index (κ3) is 4.45. The third-order valence-electron chi connectivity index (χ3n) is 6.93. The number of amides is 1. The van der Waals surface area contributed by atoms with Gasteiger partial charge in [0.1, 0.15) is 17.1 Å². The normalized spacial score (nSPS) is 21.7. The molecule has 35 heavy (non-hydrogen) atoms. The third-order valence-corrected chi connectivity index (χ3v) is 8.39. The van der Waals surface area contributed by atoms with Crippen LogP contribution >= 0.6 is 0 Å². The number of sulfonamides is 1. The van der Waals surface area contributed by atoms with Crippen LogP contribution in [-0.2, 0) is 21.4 Å². The predicted molar refractivity (Wildman–Crippen MR) is 124 cm³/mol. The number of aromatic carboxylic acids is 1. The highest BCUT2D eigenvalue weighted by atomic mass is 32.2. The van der Waals surface area contributed by atoms with E-state index in [9.17, 15) is 27.5 Å². The van der Waals surface area contributed by atoms with Crippen LogP contribution in [0.1, 0.15) is 40.7 Å². The molecule has 2 N–H and O–H groups in total. The van der Waals surface area contributed by atoms with Crippen LogP contribution in [-0.4, -0.2) is 68.0 Å². The summed E-state index contributed by atoms with van der Waals surface area (Å²) < 4.78 is 48.9. The minimum atomic E-state index is -4.31. The van der Waals surface area contributed by atoms with Crippen LogP contribution in [0.3, 0.4) is 0 Å². The number of halogens is 1. The van der Waals surface area contributed by atoms with Crippen molar-refractivity contribution in [2.75, 3.05) is 37.5 Å². The number of anilines is 1. The standard InChI is InChI=1S/C24H26FN3O6S/c1-2-27-7-8-28(21(29)12-27)11-14-9-16(25)3-6-20(14)35(32,33)26-19-5-4-17-18-10-15(18)13-34-23(17)22(19)24(30)31/h3-6,9,15,18,26H,2,7-8,10-13H2,1H3,(H,30,31). The lowest BCUT2D eigenvalue weighted by Crippen LogP contribution is -2.49. The van der Waals surface area contributed by atoms with Gasteiger partial charge in [0.2, 0.25) is 5.91 Å². The first kappa shape index (κ1) is 23.6. The van der Waals surface area contributed by atoms with Crippen LogP contribution in [0, 0.1) is 11.7 Å². The van der Waals surface area contributed by atoms with Crippen LogP contribution in [0.4, 0.5) is 10.1 Å². The molecule has 2 aliphatic heterocycles. The number of fused-ring (bicyclic) bond motifs is 3. The number of nitrogens with zero attached hydrogens (tertiary/aromatic N) is 2. The van der Waals surface area contributed by atoms with E-state index in [1.807, 2.05) is 11.8 Å². The number of benzene rings is 2. The van der Waals surface area contributed by atoms with Gasteiger partial charge in [-0.15, -0.1) is 0 Å². The molecule has 0 bridgehead atoms. The van der Waals surface area contributed by atoms with Gasteiger partial charge >= 0.3 is 5.97 Å². The molecule has 2 unspecified atom stereocenters. The summed E-state index contributed by atoms with van der Waals surface area (Å²) in [5, 5.41) is 9.85. The molecule has 1 aliphatic carbocycles. The van der Waals surface area contributed by atoms with E-state index in [1.165, 1.54) is 11.0 Å². The molecule has 3 aliphatic rings. The van der Waals surface area contributed by atoms with Gasteiger partial charge in [-0.3, -0.25) is 14.4 Å². The van der Waals surface area contributed by atoms with E-state index in [0.717, 1.165) is 36.7 Å². The molecule has 2 atom stereocenters. The summed E-state index contributed by atoms with van der Waals surface area (Å²) in [6, 6.07) is 6.37. The molecule has 1 saturated heterocycles. The Hall–Kier alpha value is -3.18. The molecule has 2 fully saturated rings. The van der Waals surface area contributed by atoms with Crippen molar-refractivity contribution >= 4 is 27.6 Å². The molecule has 186 valence electrons. The fourth-order valence-corrected chi connectivity index (χ4v) is 6.17. The van der Waals surface area contributed by atoms with E-state index >= 15 is 0 Å². The number of piperazine rings is 1. The molecule has 1 amide bonds. The van der Waals surface area contributed by atoms with Gasteiger partial charge in [-0.1, -0.05) is 13.0 Å². The second-order valence-corrected chi connectivity index (χ2v) is 10.8. The minimum absolute atomic E-state index is 0.0768. The molecule has 2 heterocycles. The number of carbonyl (C=O) groups excluding carboxylic acids is 1. The number of carboxylic acids is 1. The summed E-state index contributed by atoms with van der Waals surface area (Å²) in [7, 11) is -4.31. The highest BCUT2D eigenvalue weighted by Crippen LogP contribution is 2.55. The average molecular weight is 504 g/mol. The summed E-state index contributed by atoms with van der Waals surface area (Å²) in [5.41, 5.74) is 0.515. The van der Waals surface area contributed by atoms with E-state index in [0.29, 0.717) is 25.6 Å². The maximum absolute atomic E-state index is 14.1. The summed E-state index contributed by atoms with van der Waals surface area (Å²) in [6.45, 7) is 4.24. The number of hydrogen-bond donors (Lipinski definition) is 2. The molecule has 0 radical (unpaired) electrons. The number of carboxylic acid groups (broad SMARTS) is 1. The van der Waals surface area contributed by atoms with Crippen LogP contribution in [0.25, 0.3) is 0 Å². The molecular weight excluding hydrogens is 477 g/mol. The van der Waals surface area contributed by atoms with Crippen molar-refractivity contribution in [1.29, 1.82) is 0 Å². The number of carbonyl (C=O) groups is 2. The Morgan fingerprint density at radius 2 is 2.06 bits per heavy atom. The zero-order valence-corrected chi connectivity index (χ0v) is 20.0. The molecule has 5 rings (SSSR count). The average Bonchev–Trinajstić information content (AvgIpc) is 3.60. The maximum Gasteiger partial charge on any atom is 0.341 e.